The van der Waals surface area contributed by atoms with Gasteiger partial charge in [0, 0.05) is 24.7 Å². The van der Waals surface area contributed by atoms with Gasteiger partial charge >= 0.3 is 0 Å². The Hall–Kier alpha value is -2.02. The number of hydrogen-bond acceptors (Lipinski definition) is 5. The number of carbonyl (C=O) groups is 1. The average molecular weight is 443 g/mol. The monoisotopic (exact) mass is 442 g/mol. The molecular weight excluding hydrogens is 408 g/mol. The van der Waals surface area contributed by atoms with Crippen LogP contribution in [0.1, 0.15) is 58.4 Å². The van der Waals surface area contributed by atoms with Crippen LogP contribution in [0, 0.1) is 11.8 Å². The highest BCUT2D eigenvalue weighted by Crippen LogP contribution is 2.36. The number of hydrogen-bond donors (Lipinski definition) is 0. The molecule has 1 amide bonds. The normalized spacial score (nSPS) is 22.5. The van der Waals surface area contributed by atoms with Gasteiger partial charge in [-0.3, -0.25) is 9.36 Å². The minimum Gasteiger partial charge on any atom is -0.497 e. The Morgan fingerprint density at radius 1 is 1.06 bits per heavy atom. The van der Waals surface area contributed by atoms with Crippen molar-refractivity contribution >= 4 is 17.7 Å². The van der Waals surface area contributed by atoms with E-state index < -0.39 is 0 Å². The lowest BCUT2D eigenvalue weighted by molar-refractivity contribution is -0.130. The first kappa shape index (κ1) is 22.2. The first-order chi connectivity index (χ1) is 15.0. The zero-order chi connectivity index (χ0) is 21.8. The molecular formula is C24H34N4O2S. The second-order valence-electron chi connectivity index (χ2n) is 9.23. The van der Waals surface area contributed by atoms with Crippen molar-refractivity contribution in [3.8, 4) is 17.1 Å². The van der Waals surface area contributed by atoms with Crippen molar-refractivity contribution in [3.05, 3.63) is 24.3 Å². The molecule has 0 radical (unpaired) electrons. The zero-order valence-electron chi connectivity index (χ0n) is 18.9. The van der Waals surface area contributed by atoms with Crippen LogP contribution in [-0.4, -0.2) is 51.5 Å². The maximum Gasteiger partial charge on any atom is 0.233 e. The number of benzene rings is 1. The summed E-state index contributed by atoms with van der Waals surface area (Å²) in [6.07, 6.45) is 7.25. The Morgan fingerprint density at radius 3 is 2.39 bits per heavy atom. The topological polar surface area (TPSA) is 60.3 Å². The fourth-order valence-electron chi connectivity index (χ4n) is 5.06. The Bertz CT molecular complexity index is 866. The summed E-state index contributed by atoms with van der Waals surface area (Å²) in [7, 11) is 1.68. The molecule has 1 saturated heterocycles. The third-order valence-corrected chi connectivity index (χ3v) is 7.43. The number of rotatable bonds is 6. The molecule has 6 nitrogen and oxygen atoms in total. The van der Waals surface area contributed by atoms with Gasteiger partial charge in [-0.05, 0) is 55.4 Å². The molecule has 1 aliphatic carbocycles. The van der Waals surface area contributed by atoms with E-state index in [0.717, 1.165) is 48.2 Å². The van der Waals surface area contributed by atoms with E-state index in [9.17, 15) is 4.79 Å². The van der Waals surface area contributed by atoms with Crippen molar-refractivity contribution in [3.63, 3.8) is 0 Å². The minimum atomic E-state index is 0.215. The van der Waals surface area contributed by atoms with Crippen molar-refractivity contribution in [2.75, 3.05) is 26.0 Å². The number of carbonyl (C=O) groups excluding carboxylic acids is 1. The molecule has 2 fully saturated rings. The summed E-state index contributed by atoms with van der Waals surface area (Å²) in [5.74, 6) is 3.51. The molecule has 1 aromatic heterocycles. The van der Waals surface area contributed by atoms with Crippen molar-refractivity contribution < 1.29 is 9.53 Å². The van der Waals surface area contributed by atoms with Crippen LogP contribution in [-0.2, 0) is 4.79 Å². The number of nitrogens with zero attached hydrogens (tertiary/aromatic N) is 4. The van der Waals surface area contributed by atoms with E-state index in [1.807, 2.05) is 29.2 Å². The second-order valence-corrected chi connectivity index (χ2v) is 10.2. The zero-order valence-corrected chi connectivity index (χ0v) is 19.7. The number of amides is 1. The first-order valence-electron chi connectivity index (χ1n) is 11.5. The van der Waals surface area contributed by atoms with Crippen molar-refractivity contribution in [1.82, 2.24) is 19.7 Å². The van der Waals surface area contributed by atoms with Crippen LogP contribution >= 0.6 is 11.8 Å². The Labute approximate surface area is 189 Å². The lowest BCUT2D eigenvalue weighted by Gasteiger charge is -2.35. The highest BCUT2D eigenvalue weighted by atomic mass is 32.2. The molecule has 2 unspecified atom stereocenters. The predicted molar refractivity (Wildman–Crippen MR) is 124 cm³/mol. The van der Waals surface area contributed by atoms with Gasteiger partial charge in [0.1, 0.15) is 5.75 Å². The van der Waals surface area contributed by atoms with Gasteiger partial charge in [0.15, 0.2) is 11.0 Å². The summed E-state index contributed by atoms with van der Waals surface area (Å²) in [6.45, 7) is 6.22. The second kappa shape index (κ2) is 10.1. The van der Waals surface area contributed by atoms with Crippen LogP contribution in [0.2, 0.25) is 0 Å². The smallest absolute Gasteiger partial charge is 0.233 e. The van der Waals surface area contributed by atoms with Crippen LogP contribution in [0.15, 0.2) is 29.4 Å². The number of thioether (sulfide) groups is 1. The van der Waals surface area contributed by atoms with Gasteiger partial charge in [0.2, 0.25) is 5.91 Å². The van der Waals surface area contributed by atoms with Crippen LogP contribution in [0.5, 0.6) is 5.75 Å². The molecule has 1 saturated carbocycles. The van der Waals surface area contributed by atoms with Crippen LogP contribution in [0.4, 0.5) is 0 Å². The summed E-state index contributed by atoms with van der Waals surface area (Å²) >= 11 is 1.54. The fraction of sp³-hybridized carbons (Fsp3) is 0.625. The average Bonchev–Trinajstić information content (AvgIpc) is 3.21. The molecule has 1 aromatic carbocycles. The maximum absolute atomic E-state index is 12.9. The molecule has 2 atom stereocenters. The summed E-state index contributed by atoms with van der Waals surface area (Å²) in [4.78, 5) is 15.0. The number of aromatic nitrogens is 3. The lowest BCUT2D eigenvalue weighted by atomic mass is 9.92. The van der Waals surface area contributed by atoms with Crippen LogP contribution in [0.3, 0.4) is 0 Å². The predicted octanol–water partition coefficient (Wildman–Crippen LogP) is 5.06. The van der Waals surface area contributed by atoms with E-state index in [-0.39, 0.29) is 5.91 Å². The van der Waals surface area contributed by atoms with Crippen molar-refractivity contribution in [2.24, 2.45) is 11.8 Å². The highest BCUT2D eigenvalue weighted by Gasteiger charge is 2.27. The third-order valence-electron chi connectivity index (χ3n) is 6.50. The fourth-order valence-corrected chi connectivity index (χ4v) is 5.97. The molecule has 4 rings (SSSR count). The molecule has 2 aromatic rings. The lowest BCUT2D eigenvalue weighted by Crippen LogP contribution is -2.43. The Kier molecular flexibility index (Phi) is 7.20. The van der Waals surface area contributed by atoms with Gasteiger partial charge in [0.05, 0.1) is 12.9 Å². The number of ether oxygens (including phenoxy) is 1. The van der Waals surface area contributed by atoms with Gasteiger partial charge in [-0.1, -0.05) is 44.9 Å². The van der Waals surface area contributed by atoms with E-state index in [1.54, 1.807) is 18.9 Å². The number of likely N-dealkylation sites (tertiary alicyclic amines) is 1. The summed E-state index contributed by atoms with van der Waals surface area (Å²) in [5, 5.41) is 9.95. The standard InChI is InChI=1S/C24H34N4O2S/c1-17-13-18(2)15-27(14-17)22(29)16-31-24-26-25-23(19-9-11-21(30-3)12-10-19)28(24)20-7-5-4-6-8-20/h9-12,17-18,20H,4-8,13-16H2,1-3H3. The van der Waals surface area contributed by atoms with Gasteiger partial charge in [-0.25, -0.2) is 0 Å². The molecule has 168 valence electrons. The molecule has 0 bridgehead atoms. The quantitative estimate of drug-likeness (QED) is 0.586. The molecule has 1 aliphatic heterocycles. The molecule has 0 spiro atoms. The Balaban J connectivity index is 1.54. The van der Waals surface area contributed by atoms with E-state index in [2.05, 4.69) is 28.6 Å². The minimum absolute atomic E-state index is 0.215. The third kappa shape index (κ3) is 5.25. The molecule has 7 heteroatoms. The SMILES string of the molecule is COc1ccc(-c2nnc(SCC(=O)N3CC(C)CC(C)C3)n2C2CCCCC2)cc1. The van der Waals surface area contributed by atoms with Crippen LogP contribution in [0.25, 0.3) is 11.4 Å². The van der Waals surface area contributed by atoms with Crippen molar-refractivity contribution in [2.45, 2.75) is 63.6 Å². The molecule has 2 aliphatic rings. The van der Waals surface area contributed by atoms with Gasteiger partial charge in [-0.2, -0.15) is 0 Å². The van der Waals surface area contributed by atoms with Crippen molar-refractivity contribution in [1.29, 1.82) is 0 Å². The number of piperidine rings is 1. The number of methoxy groups -OCH3 is 1. The summed E-state index contributed by atoms with van der Waals surface area (Å²) < 4.78 is 7.60. The first-order valence-corrected chi connectivity index (χ1v) is 12.5. The molecule has 2 heterocycles. The van der Waals surface area contributed by atoms with Gasteiger partial charge < -0.3 is 9.64 Å². The Morgan fingerprint density at radius 2 is 1.74 bits per heavy atom. The summed E-state index contributed by atoms with van der Waals surface area (Å²) in [6, 6.07) is 8.40. The maximum atomic E-state index is 12.9. The van der Waals surface area contributed by atoms with E-state index in [4.69, 9.17) is 4.74 Å². The summed E-state index contributed by atoms with van der Waals surface area (Å²) in [5.41, 5.74) is 1.04. The highest BCUT2D eigenvalue weighted by molar-refractivity contribution is 7.99. The van der Waals surface area contributed by atoms with E-state index in [1.165, 1.54) is 25.7 Å². The van der Waals surface area contributed by atoms with E-state index >= 15 is 0 Å². The van der Waals surface area contributed by atoms with Gasteiger partial charge in [-0.15, -0.1) is 10.2 Å². The molecule has 31 heavy (non-hydrogen) atoms. The largest absolute Gasteiger partial charge is 0.497 e. The molecule has 0 N–H and O–H groups in total. The van der Waals surface area contributed by atoms with Gasteiger partial charge in [0.25, 0.3) is 0 Å². The van der Waals surface area contributed by atoms with E-state index in [0.29, 0.717) is 23.6 Å². The van der Waals surface area contributed by atoms with Crippen LogP contribution < -0.4 is 4.74 Å².